The molecule has 2 fully saturated rings. The number of amides is 1. The molecular weight excluding hydrogens is 341 g/mol. The number of carbonyl (C=O) groups is 1. The van der Waals surface area contributed by atoms with Crippen molar-refractivity contribution in [2.75, 3.05) is 10.6 Å². The molecular formula is C20H25F3N2O. The summed E-state index contributed by atoms with van der Waals surface area (Å²) >= 11 is 0. The lowest BCUT2D eigenvalue weighted by atomic mass is 9.83. The Morgan fingerprint density at radius 2 is 2.08 bits per heavy atom. The topological polar surface area (TPSA) is 46.3 Å². The smallest absolute Gasteiger partial charge is 0.398 e. The maximum atomic E-state index is 13.3. The number of hydrogen-bond donors (Lipinski definition) is 1. The van der Waals surface area contributed by atoms with Crippen molar-refractivity contribution in [1.29, 1.82) is 0 Å². The van der Waals surface area contributed by atoms with E-state index in [4.69, 9.17) is 5.73 Å². The predicted octanol–water partition coefficient (Wildman–Crippen LogP) is 4.88. The van der Waals surface area contributed by atoms with Crippen molar-refractivity contribution in [2.24, 2.45) is 23.7 Å². The molecule has 0 bridgehead atoms. The lowest BCUT2D eigenvalue weighted by Gasteiger charge is -2.30. The molecule has 3 nitrogen and oxygen atoms in total. The van der Waals surface area contributed by atoms with Gasteiger partial charge < -0.3 is 10.6 Å². The Bertz CT molecular complexity index is 715. The maximum absolute atomic E-state index is 13.3. The van der Waals surface area contributed by atoms with E-state index in [0.29, 0.717) is 12.3 Å². The average Bonchev–Trinajstić information content (AvgIpc) is 3.04. The monoisotopic (exact) mass is 366 g/mol. The second-order valence-corrected chi connectivity index (χ2v) is 7.55. The van der Waals surface area contributed by atoms with E-state index in [1.165, 1.54) is 12.1 Å². The van der Waals surface area contributed by atoms with Crippen LogP contribution in [0.5, 0.6) is 0 Å². The van der Waals surface area contributed by atoms with Crippen LogP contribution in [0, 0.1) is 23.7 Å². The molecule has 3 rings (SSSR count). The zero-order valence-electron chi connectivity index (χ0n) is 15.1. The normalized spacial score (nSPS) is 31.3. The van der Waals surface area contributed by atoms with E-state index in [9.17, 15) is 18.0 Å². The molecule has 1 aliphatic heterocycles. The number of carbonyl (C=O) groups excluding carboxylic acids is 1. The quantitative estimate of drug-likeness (QED) is 0.610. The molecule has 6 heteroatoms. The molecule has 1 saturated heterocycles. The molecule has 2 aliphatic rings. The Morgan fingerprint density at radius 3 is 2.65 bits per heavy atom. The minimum atomic E-state index is -4.55. The van der Waals surface area contributed by atoms with Crippen molar-refractivity contribution in [3.63, 3.8) is 0 Å². The van der Waals surface area contributed by atoms with E-state index in [2.05, 4.69) is 20.4 Å². The van der Waals surface area contributed by atoms with Crippen LogP contribution in [0.2, 0.25) is 0 Å². The number of nitrogen functional groups attached to an aromatic ring is 1. The standard InChI is InChI=1S/C20H25F3N2O/c1-4-6-16-18-12(5-2)9-11(3)17(18)19(26)25(16)13-7-8-15(24)14(10-13)20(21,22)23/h4,7-8,10-12,16-18H,1,5-6,9,24H2,2-3H3. The number of fused-ring (bicyclic) bond motifs is 1. The van der Waals surface area contributed by atoms with Crippen molar-refractivity contribution in [2.45, 2.75) is 45.3 Å². The van der Waals surface area contributed by atoms with E-state index in [0.717, 1.165) is 18.9 Å². The minimum absolute atomic E-state index is 0.0665. The van der Waals surface area contributed by atoms with Gasteiger partial charge in [-0.2, -0.15) is 13.2 Å². The second-order valence-electron chi connectivity index (χ2n) is 7.55. The van der Waals surface area contributed by atoms with Crippen molar-refractivity contribution in [3.8, 4) is 0 Å². The largest absolute Gasteiger partial charge is 0.418 e. The molecule has 1 heterocycles. The number of nitrogens with two attached hydrogens (primary N) is 1. The van der Waals surface area contributed by atoms with Gasteiger partial charge in [-0.15, -0.1) is 6.58 Å². The van der Waals surface area contributed by atoms with Crippen LogP contribution >= 0.6 is 0 Å². The van der Waals surface area contributed by atoms with Crippen molar-refractivity contribution < 1.29 is 18.0 Å². The molecule has 142 valence electrons. The van der Waals surface area contributed by atoms with Gasteiger partial charge in [-0.3, -0.25) is 4.79 Å². The van der Waals surface area contributed by atoms with Crippen LogP contribution in [0.1, 0.15) is 38.7 Å². The van der Waals surface area contributed by atoms with E-state index >= 15 is 0 Å². The van der Waals surface area contributed by atoms with E-state index < -0.39 is 11.7 Å². The molecule has 0 radical (unpaired) electrons. The Balaban J connectivity index is 2.06. The minimum Gasteiger partial charge on any atom is -0.398 e. The lowest BCUT2D eigenvalue weighted by Crippen LogP contribution is -2.37. The Labute approximate surface area is 152 Å². The van der Waals surface area contributed by atoms with Gasteiger partial charge in [-0.1, -0.05) is 26.3 Å². The number of hydrogen-bond acceptors (Lipinski definition) is 2. The SMILES string of the molecule is C=CCC1C2C(CC)CC(C)C2C(=O)N1c1ccc(N)c(C(F)(F)F)c1. The number of nitrogens with zero attached hydrogens (tertiary/aromatic N) is 1. The first-order valence-electron chi connectivity index (χ1n) is 9.11. The van der Waals surface area contributed by atoms with Crippen LogP contribution in [0.3, 0.4) is 0 Å². The fourth-order valence-corrected chi connectivity index (χ4v) is 5.04. The number of alkyl halides is 3. The summed E-state index contributed by atoms with van der Waals surface area (Å²) in [6, 6.07) is 3.62. The molecule has 1 amide bonds. The van der Waals surface area contributed by atoms with Gasteiger partial charge in [0.15, 0.2) is 0 Å². The van der Waals surface area contributed by atoms with Crippen molar-refractivity contribution >= 4 is 17.3 Å². The summed E-state index contributed by atoms with van der Waals surface area (Å²) in [5.74, 6) is 0.614. The molecule has 2 N–H and O–H groups in total. The predicted molar refractivity (Wildman–Crippen MR) is 96.5 cm³/mol. The summed E-state index contributed by atoms with van der Waals surface area (Å²) in [7, 11) is 0. The highest BCUT2D eigenvalue weighted by Gasteiger charge is 2.56. The molecule has 1 aromatic carbocycles. The third-order valence-electron chi connectivity index (χ3n) is 6.10. The molecule has 1 aromatic rings. The van der Waals surface area contributed by atoms with Crippen molar-refractivity contribution in [1.82, 2.24) is 0 Å². The van der Waals surface area contributed by atoms with Crippen LogP contribution < -0.4 is 10.6 Å². The van der Waals surface area contributed by atoms with Crippen LogP contribution in [0.4, 0.5) is 24.5 Å². The third kappa shape index (κ3) is 2.89. The third-order valence-corrected chi connectivity index (χ3v) is 6.10. The first-order valence-corrected chi connectivity index (χ1v) is 9.11. The van der Waals surface area contributed by atoms with Gasteiger partial charge in [0.05, 0.1) is 5.56 Å². The molecule has 5 atom stereocenters. The van der Waals surface area contributed by atoms with E-state index in [1.807, 2.05) is 0 Å². The van der Waals surface area contributed by atoms with Gasteiger partial charge >= 0.3 is 6.18 Å². The molecule has 5 unspecified atom stereocenters. The molecule has 0 spiro atoms. The summed E-state index contributed by atoms with van der Waals surface area (Å²) in [5, 5.41) is 0. The second kappa shape index (κ2) is 6.63. The Morgan fingerprint density at radius 1 is 1.38 bits per heavy atom. The van der Waals surface area contributed by atoms with Crippen LogP contribution in [-0.2, 0) is 11.0 Å². The van der Waals surface area contributed by atoms with Gasteiger partial charge in [-0.25, -0.2) is 0 Å². The van der Waals surface area contributed by atoms with Crippen LogP contribution in [-0.4, -0.2) is 11.9 Å². The number of rotatable bonds is 4. The maximum Gasteiger partial charge on any atom is 0.418 e. The van der Waals surface area contributed by atoms with Gasteiger partial charge in [0.1, 0.15) is 0 Å². The zero-order chi connectivity index (χ0) is 19.2. The van der Waals surface area contributed by atoms with Gasteiger partial charge in [0, 0.05) is 23.3 Å². The summed E-state index contributed by atoms with van der Waals surface area (Å²) in [5.41, 5.74) is 4.58. The highest BCUT2D eigenvalue weighted by Crippen LogP contribution is 2.53. The number of halogens is 3. The highest BCUT2D eigenvalue weighted by atomic mass is 19.4. The fraction of sp³-hybridized carbons (Fsp3) is 0.550. The lowest BCUT2D eigenvalue weighted by molar-refractivity contribution is -0.137. The van der Waals surface area contributed by atoms with Crippen molar-refractivity contribution in [3.05, 3.63) is 36.4 Å². The Hall–Kier alpha value is -1.98. The van der Waals surface area contributed by atoms with Crippen LogP contribution in [0.25, 0.3) is 0 Å². The van der Waals surface area contributed by atoms with Gasteiger partial charge in [0.2, 0.25) is 5.91 Å². The molecule has 0 aromatic heterocycles. The molecule has 26 heavy (non-hydrogen) atoms. The van der Waals surface area contributed by atoms with E-state index in [1.54, 1.807) is 11.0 Å². The summed E-state index contributed by atoms with van der Waals surface area (Å²) < 4.78 is 39.8. The molecule has 1 saturated carbocycles. The van der Waals surface area contributed by atoms with E-state index in [-0.39, 0.29) is 41.1 Å². The van der Waals surface area contributed by atoms with Gasteiger partial charge in [0.25, 0.3) is 0 Å². The average molecular weight is 366 g/mol. The molecule has 1 aliphatic carbocycles. The first-order chi connectivity index (χ1) is 12.2. The summed E-state index contributed by atoms with van der Waals surface area (Å²) in [6.45, 7) is 7.98. The fourth-order valence-electron chi connectivity index (χ4n) is 5.04. The zero-order valence-corrected chi connectivity index (χ0v) is 15.1. The summed E-state index contributed by atoms with van der Waals surface area (Å²) in [6.07, 6.45) is -0.261. The first kappa shape index (κ1) is 18.8. The van der Waals surface area contributed by atoms with Gasteiger partial charge in [-0.05, 0) is 48.8 Å². The highest BCUT2D eigenvalue weighted by molar-refractivity contribution is 5.99. The van der Waals surface area contributed by atoms with Crippen LogP contribution in [0.15, 0.2) is 30.9 Å². The Kier molecular flexibility index (Phi) is 4.80. The number of anilines is 2. The number of benzene rings is 1. The summed E-state index contributed by atoms with van der Waals surface area (Å²) in [4.78, 5) is 14.7.